The van der Waals surface area contributed by atoms with Crippen molar-refractivity contribution in [3.63, 3.8) is 0 Å². The highest BCUT2D eigenvalue weighted by atomic mass is 35.5. The molecule has 3 aromatic rings. The van der Waals surface area contributed by atoms with Crippen LogP contribution in [0.15, 0.2) is 60.4 Å². The van der Waals surface area contributed by atoms with Crippen LogP contribution in [0.2, 0.25) is 10.0 Å². The topological polar surface area (TPSA) is 38.8 Å². The van der Waals surface area contributed by atoms with Crippen molar-refractivity contribution in [3.8, 4) is 11.5 Å². The number of Topliss-reactive ketones (excluding diaryl/α,β-unsaturated/α-hetero) is 1. The van der Waals surface area contributed by atoms with Crippen LogP contribution in [-0.4, -0.2) is 24.0 Å². The predicted octanol–water partition coefficient (Wildman–Crippen LogP) is 6.31. The summed E-state index contributed by atoms with van der Waals surface area (Å²) >= 11 is 12.3. The minimum absolute atomic E-state index is 0.126. The lowest BCUT2D eigenvalue weighted by Gasteiger charge is -2.30. The molecule has 4 nitrogen and oxygen atoms in total. The van der Waals surface area contributed by atoms with Crippen LogP contribution in [-0.2, 0) is 13.0 Å². The Morgan fingerprint density at radius 3 is 2.66 bits per heavy atom. The van der Waals surface area contributed by atoms with Crippen LogP contribution in [0.1, 0.15) is 32.6 Å². The van der Waals surface area contributed by atoms with Gasteiger partial charge in [-0.25, -0.2) is 0 Å². The largest absolute Gasteiger partial charge is 0.478 e. The number of ketones is 1. The summed E-state index contributed by atoms with van der Waals surface area (Å²) in [5, 5.41) is 1.31. The summed E-state index contributed by atoms with van der Waals surface area (Å²) in [6, 6.07) is 17.2. The molecular weight excluding hydrogens is 445 g/mol. The van der Waals surface area contributed by atoms with Gasteiger partial charge in [0, 0.05) is 23.1 Å². The van der Waals surface area contributed by atoms with E-state index < -0.39 is 0 Å². The fourth-order valence-electron chi connectivity index (χ4n) is 4.09. The van der Waals surface area contributed by atoms with Gasteiger partial charge in [-0.05, 0) is 60.4 Å². The molecule has 0 N–H and O–H groups in total. The monoisotopic (exact) mass is 465 g/mol. The van der Waals surface area contributed by atoms with Gasteiger partial charge in [0.1, 0.15) is 18.2 Å². The number of nitrogens with zero attached hydrogens (tertiary/aromatic N) is 1. The third-order valence-electron chi connectivity index (χ3n) is 5.81. The van der Waals surface area contributed by atoms with Crippen LogP contribution in [0.3, 0.4) is 0 Å². The summed E-state index contributed by atoms with van der Waals surface area (Å²) in [7, 11) is 0. The van der Waals surface area contributed by atoms with E-state index in [1.54, 1.807) is 12.1 Å². The van der Waals surface area contributed by atoms with Gasteiger partial charge in [-0.3, -0.25) is 9.69 Å². The first-order valence-corrected chi connectivity index (χ1v) is 11.2. The summed E-state index contributed by atoms with van der Waals surface area (Å²) < 4.78 is 12.1. The third-order valence-corrected chi connectivity index (χ3v) is 6.41. The van der Waals surface area contributed by atoms with Gasteiger partial charge in [-0.2, -0.15) is 0 Å². The van der Waals surface area contributed by atoms with Gasteiger partial charge in [0.15, 0.2) is 5.76 Å². The molecule has 6 heteroatoms. The van der Waals surface area contributed by atoms with Crippen molar-refractivity contribution in [3.05, 3.63) is 98.2 Å². The van der Waals surface area contributed by atoms with Crippen molar-refractivity contribution in [2.45, 2.75) is 19.9 Å². The summed E-state index contributed by atoms with van der Waals surface area (Å²) in [4.78, 5) is 15.3. The smallest absolute Gasteiger partial charge is 0.232 e. The van der Waals surface area contributed by atoms with E-state index in [-0.39, 0.29) is 11.5 Å². The highest BCUT2D eigenvalue weighted by Gasteiger charge is 2.35. The summed E-state index contributed by atoms with van der Waals surface area (Å²) in [6.45, 7) is 3.88. The van der Waals surface area contributed by atoms with E-state index in [2.05, 4.69) is 4.90 Å². The number of fused-ring (bicyclic) bond motifs is 3. The van der Waals surface area contributed by atoms with Gasteiger partial charge in [0.05, 0.1) is 11.1 Å². The molecule has 0 saturated heterocycles. The Hall–Kier alpha value is -2.79. The van der Waals surface area contributed by atoms with Crippen molar-refractivity contribution in [2.75, 3.05) is 13.3 Å². The molecule has 2 heterocycles. The van der Waals surface area contributed by atoms with Gasteiger partial charge < -0.3 is 9.47 Å². The Bertz CT molecular complexity index is 1230. The zero-order valence-electron chi connectivity index (χ0n) is 17.5. The van der Waals surface area contributed by atoms with Crippen molar-refractivity contribution < 1.29 is 14.3 Å². The number of hydrogen-bond donors (Lipinski definition) is 0. The second-order valence-corrected chi connectivity index (χ2v) is 8.88. The van der Waals surface area contributed by atoms with E-state index in [0.717, 1.165) is 40.4 Å². The number of rotatable bonds is 4. The number of halogens is 2. The van der Waals surface area contributed by atoms with Gasteiger partial charge in [0.25, 0.3) is 0 Å². The molecule has 0 aliphatic carbocycles. The molecule has 0 spiro atoms. The van der Waals surface area contributed by atoms with Crippen LogP contribution >= 0.6 is 23.2 Å². The van der Waals surface area contributed by atoms with Crippen LogP contribution in [0.4, 0.5) is 0 Å². The maximum absolute atomic E-state index is 13.1. The molecule has 3 aromatic carbocycles. The number of carbonyl (C=O) groups excluding carboxylic acids is 1. The Labute approximate surface area is 197 Å². The molecule has 0 atom stereocenters. The summed E-state index contributed by atoms with van der Waals surface area (Å²) in [6.07, 6.45) is 2.58. The van der Waals surface area contributed by atoms with Gasteiger partial charge in [-0.15, -0.1) is 0 Å². The molecule has 0 radical (unpaired) electrons. The number of allylic oxidation sites excluding steroid dienone is 1. The Morgan fingerprint density at radius 1 is 1.09 bits per heavy atom. The van der Waals surface area contributed by atoms with Crippen molar-refractivity contribution >= 4 is 35.1 Å². The lowest BCUT2D eigenvalue weighted by molar-refractivity contribution is 0.0949. The maximum atomic E-state index is 13.1. The fourth-order valence-corrected chi connectivity index (χ4v) is 4.41. The van der Waals surface area contributed by atoms with E-state index in [1.165, 1.54) is 5.56 Å². The van der Waals surface area contributed by atoms with Gasteiger partial charge in [0.2, 0.25) is 5.78 Å². The van der Waals surface area contributed by atoms with Crippen molar-refractivity contribution in [1.29, 1.82) is 0 Å². The molecule has 0 saturated carbocycles. The normalized spacial score (nSPS) is 16.5. The minimum Gasteiger partial charge on any atom is -0.478 e. The third kappa shape index (κ3) is 4.02. The van der Waals surface area contributed by atoms with E-state index in [4.69, 9.17) is 32.7 Å². The summed E-state index contributed by atoms with van der Waals surface area (Å²) in [5.41, 5.74) is 4.32. The second kappa shape index (κ2) is 8.62. The minimum atomic E-state index is -0.126. The molecule has 0 unspecified atom stereocenters. The zero-order chi connectivity index (χ0) is 22.2. The van der Waals surface area contributed by atoms with E-state index in [0.29, 0.717) is 29.6 Å². The lowest BCUT2D eigenvalue weighted by Crippen LogP contribution is -2.33. The maximum Gasteiger partial charge on any atom is 0.232 e. The SMILES string of the molecule is Cc1cc2c(c3c1C(=O)/C(=C\c1ccccc1Cl)O3)CN(CCc1ccc(Cl)cc1)CO2. The van der Waals surface area contributed by atoms with Gasteiger partial charge in [-0.1, -0.05) is 53.5 Å². The van der Waals surface area contributed by atoms with Crippen LogP contribution in [0, 0.1) is 6.92 Å². The predicted molar refractivity (Wildman–Crippen MR) is 127 cm³/mol. The number of ether oxygens (including phenoxy) is 2. The number of aryl methyl sites for hydroxylation is 1. The molecule has 5 rings (SSSR count). The number of carbonyl (C=O) groups is 1. The first kappa shape index (κ1) is 21.1. The molecule has 0 bridgehead atoms. The quantitative estimate of drug-likeness (QED) is 0.423. The zero-order valence-corrected chi connectivity index (χ0v) is 19.0. The van der Waals surface area contributed by atoms with Crippen molar-refractivity contribution in [2.24, 2.45) is 0 Å². The fraction of sp³-hybridized carbons (Fsp3) is 0.192. The highest BCUT2D eigenvalue weighted by Crippen LogP contribution is 2.44. The molecule has 2 aliphatic rings. The molecular formula is C26H21Cl2NO3. The van der Waals surface area contributed by atoms with E-state index >= 15 is 0 Å². The average molecular weight is 466 g/mol. The molecule has 0 amide bonds. The first-order chi connectivity index (χ1) is 15.5. The Balaban J connectivity index is 1.40. The molecule has 2 aliphatic heterocycles. The van der Waals surface area contributed by atoms with Crippen LogP contribution in [0.5, 0.6) is 11.5 Å². The number of benzene rings is 3. The first-order valence-electron chi connectivity index (χ1n) is 10.4. The highest BCUT2D eigenvalue weighted by molar-refractivity contribution is 6.32. The Morgan fingerprint density at radius 2 is 1.88 bits per heavy atom. The van der Waals surface area contributed by atoms with E-state index in [9.17, 15) is 4.79 Å². The van der Waals surface area contributed by atoms with E-state index in [1.807, 2.05) is 55.5 Å². The second-order valence-electron chi connectivity index (χ2n) is 8.04. The van der Waals surface area contributed by atoms with Crippen LogP contribution in [0.25, 0.3) is 6.08 Å². The lowest BCUT2D eigenvalue weighted by atomic mass is 9.98. The standard InChI is InChI=1S/C26H21Cl2NO3/c1-16-12-22-20(14-29(15-31-22)11-10-17-6-8-19(27)9-7-17)26-24(16)25(30)23(32-26)13-18-4-2-3-5-21(18)28/h2-9,12-13H,10-11,14-15H2,1H3/b23-13+. The van der Waals surface area contributed by atoms with Crippen LogP contribution < -0.4 is 9.47 Å². The van der Waals surface area contributed by atoms with Gasteiger partial charge >= 0.3 is 0 Å². The average Bonchev–Trinajstić information content (AvgIpc) is 3.12. The molecule has 162 valence electrons. The summed E-state index contributed by atoms with van der Waals surface area (Å²) in [5.74, 6) is 1.52. The van der Waals surface area contributed by atoms with Crippen molar-refractivity contribution in [1.82, 2.24) is 4.90 Å². The molecule has 32 heavy (non-hydrogen) atoms. The molecule has 0 aromatic heterocycles. The number of hydrogen-bond acceptors (Lipinski definition) is 4. The molecule has 0 fully saturated rings. The Kier molecular flexibility index (Phi) is 5.68.